The summed E-state index contributed by atoms with van der Waals surface area (Å²) in [6.45, 7) is 6.04. The van der Waals surface area contributed by atoms with Crippen LogP contribution in [-0.2, 0) is 21.1 Å². The molecule has 3 rings (SSSR count). The number of benzene rings is 2. The lowest BCUT2D eigenvalue weighted by Crippen LogP contribution is -2.41. The minimum Gasteiger partial charge on any atom is -0.373 e. The number of sulfone groups is 1. The highest BCUT2D eigenvalue weighted by molar-refractivity contribution is 14.0. The van der Waals surface area contributed by atoms with Crippen molar-refractivity contribution in [2.75, 3.05) is 26.5 Å². The standard InChI is InChI=1S/C24H33N3O3S.HI/c1-17-7-10-20(11-8-17)23-21(6-5-13-30-23)16-27-24(25-3)26-15-19-9-12-22(18(2)14-19)31(4,28)29;/h7-12,14,21,23H,5-6,13,15-16H2,1-4H3,(H2,25,26,27);1H. The normalized spacial score (nSPS) is 19.2. The molecule has 1 saturated heterocycles. The summed E-state index contributed by atoms with van der Waals surface area (Å²) < 4.78 is 29.7. The summed E-state index contributed by atoms with van der Waals surface area (Å²) in [6.07, 6.45) is 3.49. The minimum atomic E-state index is -3.21. The number of nitrogens with zero attached hydrogens (tertiary/aromatic N) is 1. The van der Waals surface area contributed by atoms with Crippen molar-refractivity contribution in [1.82, 2.24) is 10.6 Å². The predicted molar refractivity (Wildman–Crippen MR) is 141 cm³/mol. The number of rotatable bonds is 6. The molecular weight excluding hydrogens is 537 g/mol. The Morgan fingerprint density at radius 2 is 1.84 bits per heavy atom. The quantitative estimate of drug-likeness (QED) is 0.310. The SMILES string of the molecule is CN=C(NCc1ccc(S(C)(=O)=O)c(C)c1)NCC1CCCOC1c1ccc(C)cc1.I. The van der Waals surface area contributed by atoms with Gasteiger partial charge in [-0.15, -0.1) is 24.0 Å². The van der Waals surface area contributed by atoms with E-state index >= 15 is 0 Å². The van der Waals surface area contributed by atoms with E-state index in [0.717, 1.165) is 43.1 Å². The molecular formula is C24H34IN3O3S. The fourth-order valence-electron chi connectivity index (χ4n) is 4.05. The first-order chi connectivity index (χ1) is 14.8. The van der Waals surface area contributed by atoms with Gasteiger partial charge < -0.3 is 15.4 Å². The van der Waals surface area contributed by atoms with Gasteiger partial charge in [-0.05, 0) is 49.4 Å². The molecule has 32 heavy (non-hydrogen) atoms. The maximum atomic E-state index is 11.8. The zero-order valence-corrected chi connectivity index (χ0v) is 22.4. The van der Waals surface area contributed by atoms with E-state index in [1.165, 1.54) is 17.4 Å². The first-order valence-corrected chi connectivity index (χ1v) is 12.6. The van der Waals surface area contributed by atoms with Crippen LogP contribution in [0.1, 0.15) is 41.2 Å². The van der Waals surface area contributed by atoms with E-state index in [-0.39, 0.29) is 30.1 Å². The van der Waals surface area contributed by atoms with Crippen molar-refractivity contribution in [2.24, 2.45) is 10.9 Å². The van der Waals surface area contributed by atoms with E-state index in [4.69, 9.17) is 4.74 Å². The minimum absolute atomic E-state index is 0. The zero-order chi connectivity index (χ0) is 22.4. The highest BCUT2D eigenvalue weighted by Crippen LogP contribution is 2.33. The summed E-state index contributed by atoms with van der Waals surface area (Å²) in [4.78, 5) is 4.71. The van der Waals surface area contributed by atoms with E-state index in [9.17, 15) is 8.42 Å². The summed E-state index contributed by atoms with van der Waals surface area (Å²) in [5, 5.41) is 6.76. The lowest BCUT2D eigenvalue weighted by atomic mass is 9.89. The summed E-state index contributed by atoms with van der Waals surface area (Å²) >= 11 is 0. The Morgan fingerprint density at radius 3 is 2.47 bits per heavy atom. The second-order valence-electron chi connectivity index (χ2n) is 8.28. The molecule has 1 fully saturated rings. The van der Waals surface area contributed by atoms with Crippen molar-refractivity contribution in [3.05, 3.63) is 64.7 Å². The van der Waals surface area contributed by atoms with Crippen molar-refractivity contribution in [1.29, 1.82) is 0 Å². The molecule has 1 aliphatic heterocycles. The van der Waals surface area contributed by atoms with Gasteiger partial charge in [-0.1, -0.05) is 42.0 Å². The molecule has 2 aromatic carbocycles. The van der Waals surface area contributed by atoms with Crippen molar-refractivity contribution < 1.29 is 13.2 Å². The first kappa shape index (κ1) is 26.6. The summed E-state index contributed by atoms with van der Waals surface area (Å²) in [5.74, 6) is 1.09. The van der Waals surface area contributed by atoms with Crippen LogP contribution in [0.5, 0.6) is 0 Å². The van der Waals surface area contributed by atoms with Gasteiger partial charge in [-0.3, -0.25) is 4.99 Å². The molecule has 2 N–H and O–H groups in total. The maximum Gasteiger partial charge on any atom is 0.191 e. The summed E-state index contributed by atoms with van der Waals surface area (Å²) in [6, 6.07) is 14.0. The monoisotopic (exact) mass is 571 g/mol. The number of ether oxygens (including phenoxy) is 1. The van der Waals surface area contributed by atoms with E-state index in [1.807, 2.05) is 19.1 Å². The average Bonchev–Trinajstić information content (AvgIpc) is 2.74. The Hall–Kier alpha value is -1.65. The summed E-state index contributed by atoms with van der Waals surface area (Å²) in [7, 11) is -1.45. The molecule has 176 valence electrons. The van der Waals surface area contributed by atoms with Crippen LogP contribution in [0, 0.1) is 19.8 Å². The van der Waals surface area contributed by atoms with Crippen molar-refractivity contribution in [3.8, 4) is 0 Å². The number of halogens is 1. The average molecular weight is 572 g/mol. The largest absolute Gasteiger partial charge is 0.373 e. The molecule has 0 saturated carbocycles. The Kier molecular flexibility index (Phi) is 9.97. The molecule has 0 aromatic heterocycles. The third kappa shape index (κ3) is 7.18. The van der Waals surface area contributed by atoms with Gasteiger partial charge in [0.15, 0.2) is 15.8 Å². The van der Waals surface area contributed by atoms with Gasteiger partial charge in [-0.2, -0.15) is 0 Å². The van der Waals surface area contributed by atoms with Gasteiger partial charge in [0.25, 0.3) is 0 Å². The van der Waals surface area contributed by atoms with Crippen molar-refractivity contribution in [3.63, 3.8) is 0 Å². The maximum absolute atomic E-state index is 11.8. The molecule has 0 radical (unpaired) electrons. The zero-order valence-electron chi connectivity index (χ0n) is 19.2. The number of nitrogens with one attached hydrogen (secondary N) is 2. The Bertz CT molecular complexity index is 1020. The molecule has 2 atom stereocenters. The van der Waals surface area contributed by atoms with Crippen LogP contribution in [0.25, 0.3) is 0 Å². The Labute approximate surface area is 209 Å². The van der Waals surface area contributed by atoms with Crippen LogP contribution >= 0.6 is 24.0 Å². The van der Waals surface area contributed by atoms with E-state index in [1.54, 1.807) is 13.1 Å². The second-order valence-corrected chi connectivity index (χ2v) is 10.3. The molecule has 6 nitrogen and oxygen atoms in total. The van der Waals surface area contributed by atoms with Crippen LogP contribution in [0.15, 0.2) is 52.4 Å². The third-order valence-electron chi connectivity index (χ3n) is 5.70. The number of aryl methyl sites for hydroxylation is 2. The number of hydrogen-bond donors (Lipinski definition) is 2. The van der Waals surface area contributed by atoms with Crippen molar-refractivity contribution >= 4 is 39.8 Å². The molecule has 2 unspecified atom stereocenters. The number of guanidine groups is 1. The van der Waals surface area contributed by atoms with Gasteiger partial charge >= 0.3 is 0 Å². The fourth-order valence-corrected chi connectivity index (χ4v) is 5.01. The van der Waals surface area contributed by atoms with Crippen LogP contribution in [0.2, 0.25) is 0 Å². The molecule has 8 heteroatoms. The topological polar surface area (TPSA) is 79.8 Å². The van der Waals surface area contributed by atoms with Gasteiger partial charge in [0, 0.05) is 38.9 Å². The van der Waals surface area contributed by atoms with Crippen molar-refractivity contribution in [2.45, 2.75) is 44.2 Å². The van der Waals surface area contributed by atoms with E-state index in [2.05, 4.69) is 46.8 Å². The first-order valence-electron chi connectivity index (χ1n) is 10.7. The lowest BCUT2D eigenvalue weighted by molar-refractivity contribution is -0.0265. The fraction of sp³-hybridized carbons (Fsp3) is 0.458. The smallest absolute Gasteiger partial charge is 0.191 e. The molecule has 0 amide bonds. The van der Waals surface area contributed by atoms with Gasteiger partial charge in [0.1, 0.15) is 0 Å². The molecule has 0 bridgehead atoms. The molecule has 0 spiro atoms. The van der Waals surface area contributed by atoms with Crippen LogP contribution in [-0.4, -0.2) is 40.8 Å². The van der Waals surface area contributed by atoms with E-state index in [0.29, 0.717) is 17.4 Å². The molecule has 0 aliphatic carbocycles. The number of aliphatic imine (C=N–C) groups is 1. The van der Waals surface area contributed by atoms with Crippen LogP contribution in [0.3, 0.4) is 0 Å². The second kappa shape index (κ2) is 12.0. The third-order valence-corrected chi connectivity index (χ3v) is 6.96. The van der Waals surface area contributed by atoms with Gasteiger partial charge in [-0.25, -0.2) is 8.42 Å². The Balaban J connectivity index is 0.00000363. The van der Waals surface area contributed by atoms with Crippen LogP contribution in [0.4, 0.5) is 0 Å². The van der Waals surface area contributed by atoms with E-state index < -0.39 is 9.84 Å². The van der Waals surface area contributed by atoms with Crippen LogP contribution < -0.4 is 10.6 Å². The Morgan fingerprint density at radius 1 is 1.12 bits per heavy atom. The number of hydrogen-bond acceptors (Lipinski definition) is 4. The lowest BCUT2D eigenvalue weighted by Gasteiger charge is -2.32. The van der Waals surface area contributed by atoms with Gasteiger partial charge in [0.05, 0.1) is 11.0 Å². The predicted octanol–water partition coefficient (Wildman–Crippen LogP) is 4.16. The molecule has 2 aromatic rings. The highest BCUT2D eigenvalue weighted by atomic mass is 127. The van der Waals surface area contributed by atoms with Gasteiger partial charge in [0.2, 0.25) is 0 Å². The summed E-state index contributed by atoms with van der Waals surface area (Å²) in [5.41, 5.74) is 4.23. The highest BCUT2D eigenvalue weighted by Gasteiger charge is 2.27. The molecule has 1 aliphatic rings. The molecule has 1 heterocycles.